The van der Waals surface area contributed by atoms with Gasteiger partial charge >= 0.3 is 12.1 Å². The maximum atomic E-state index is 12.6. The predicted molar refractivity (Wildman–Crippen MR) is 78.3 cm³/mol. The Balaban J connectivity index is 1.69. The van der Waals surface area contributed by atoms with Crippen molar-refractivity contribution in [3.05, 3.63) is 35.4 Å². The minimum Gasteiger partial charge on any atom is -0.324 e. The van der Waals surface area contributed by atoms with E-state index in [9.17, 15) is 22.8 Å². The summed E-state index contributed by atoms with van der Waals surface area (Å²) in [7, 11) is 0. The van der Waals surface area contributed by atoms with E-state index in [0.717, 1.165) is 29.5 Å². The summed E-state index contributed by atoms with van der Waals surface area (Å²) >= 11 is 0.933. The van der Waals surface area contributed by atoms with E-state index in [-0.39, 0.29) is 6.04 Å². The summed E-state index contributed by atoms with van der Waals surface area (Å²) in [5.74, 6) is -0.607. The molecule has 2 atom stereocenters. The average molecular weight is 345 g/mol. The molecule has 9 heteroatoms. The third-order valence-electron chi connectivity index (χ3n) is 3.84. The minimum atomic E-state index is -4.35. The molecule has 2 saturated heterocycles. The number of nitrogens with zero attached hydrogens (tertiary/aromatic N) is 1. The van der Waals surface area contributed by atoms with Crippen LogP contribution < -0.4 is 10.6 Å². The van der Waals surface area contributed by atoms with Crippen molar-refractivity contribution in [2.75, 3.05) is 19.6 Å². The van der Waals surface area contributed by atoms with E-state index in [0.29, 0.717) is 19.6 Å². The summed E-state index contributed by atoms with van der Waals surface area (Å²) in [6, 6.07) is 4.88. The topological polar surface area (TPSA) is 61.4 Å². The molecule has 1 amide bonds. The molecule has 124 valence electrons. The van der Waals surface area contributed by atoms with Crippen LogP contribution in [0.4, 0.5) is 13.2 Å². The smallest absolute Gasteiger partial charge is 0.324 e. The predicted octanol–water partition coefficient (Wildman–Crippen LogP) is 1.32. The number of hydrogen-bond acceptors (Lipinski definition) is 5. The Morgan fingerprint density at radius 1 is 1.17 bits per heavy atom. The molecule has 0 aliphatic carbocycles. The van der Waals surface area contributed by atoms with Crippen LogP contribution in [0.15, 0.2) is 24.3 Å². The molecule has 23 heavy (non-hydrogen) atoms. The number of carbonyl (C=O) groups is 2. The van der Waals surface area contributed by atoms with Gasteiger partial charge < -0.3 is 10.6 Å². The fraction of sp³-hybridized carbons (Fsp3) is 0.429. The van der Waals surface area contributed by atoms with Gasteiger partial charge in [-0.3, -0.25) is 14.5 Å². The van der Waals surface area contributed by atoms with E-state index in [1.807, 2.05) is 4.90 Å². The van der Waals surface area contributed by atoms with E-state index in [4.69, 9.17) is 0 Å². The molecule has 2 N–H and O–H groups in total. The highest BCUT2D eigenvalue weighted by Gasteiger charge is 2.37. The van der Waals surface area contributed by atoms with Gasteiger partial charge in [-0.25, -0.2) is 0 Å². The Hall–Kier alpha value is -1.58. The van der Waals surface area contributed by atoms with Crippen molar-refractivity contribution in [1.82, 2.24) is 15.5 Å². The Bertz CT molecular complexity index is 605. The summed E-state index contributed by atoms with van der Waals surface area (Å²) in [5, 5.41) is 5.32. The standard InChI is InChI=1S/C14H14F3N3O2S/c15-14(16,17)9-3-1-8(2-4-9)10-7-20(6-5-18-10)13-19-11(21)12(22)23-13/h1-4,10,13,18H,5-7H2,(H,19,21). The van der Waals surface area contributed by atoms with Crippen molar-refractivity contribution in [1.29, 1.82) is 0 Å². The van der Waals surface area contributed by atoms with Gasteiger partial charge in [0.2, 0.25) is 0 Å². The first-order valence-corrected chi connectivity index (χ1v) is 7.88. The number of amides is 1. The molecule has 2 heterocycles. The molecule has 0 saturated carbocycles. The molecule has 0 radical (unpaired) electrons. The molecule has 1 aromatic rings. The second-order valence-electron chi connectivity index (χ2n) is 5.35. The van der Waals surface area contributed by atoms with E-state index >= 15 is 0 Å². The average Bonchev–Trinajstić information content (AvgIpc) is 2.86. The molecule has 5 nitrogen and oxygen atoms in total. The fourth-order valence-corrected chi connectivity index (χ4v) is 3.51. The van der Waals surface area contributed by atoms with Gasteiger partial charge in [0.1, 0.15) is 5.50 Å². The van der Waals surface area contributed by atoms with Gasteiger partial charge in [0.15, 0.2) is 0 Å². The highest BCUT2D eigenvalue weighted by atomic mass is 32.2. The number of alkyl halides is 3. The Morgan fingerprint density at radius 2 is 1.87 bits per heavy atom. The van der Waals surface area contributed by atoms with Crippen molar-refractivity contribution in [2.24, 2.45) is 0 Å². The third kappa shape index (κ3) is 3.51. The lowest BCUT2D eigenvalue weighted by Crippen LogP contribution is -2.52. The fourth-order valence-electron chi connectivity index (χ4n) is 2.63. The zero-order chi connectivity index (χ0) is 16.6. The zero-order valence-electron chi connectivity index (χ0n) is 11.9. The normalized spacial score (nSPS) is 26.4. The highest BCUT2D eigenvalue weighted by Crippen LogP contribution is 2.31. The van der Waals surface area contributed by atoms with Crippen LogP contribution in [0.5, 0.6) is 0 Å². The van der Waals surface area contributed by atoms with Crippen molar-refractivity contribution < 1.29 is 22.8 Å². The van der Waals surface area contributed by atoms with Gasteiger partial charge in [0.25, 0.3) is 5.12 Å². The van der Waals surface area contributed by atoms with E-state index in [1.54, 1.807) is 0 Å². The van der Waals surface area contributed by atoms with Crippen LogP contribution in [0.25, 0.3) is 0 Å². The summed E-state index contributed by atoms with van der Waals surface area (Å²) in [6.07, 6.45) is -4.35. The zero-order valence-corrected chi connectivity index (χ0v) is 12.7. The minimum absolute atomic E-state index is 0.153. The summed E-state index contributed by atoms with van der Waals surface area (Å²) in [6.45, 7) is 1.76. The number of halogens is 3. The lowest BCUT2D eigenvalue weighted by Gasteiger charge is -2.36. The highest BCUT2D eigenvalue weighted by molar-refractivity contribution is 8.16. The van der Waals surface area contributed by atoms with Crippen LogP contribution in [0, 0.1) is 0 Å². The first kappa shape index (κ1) is 16.3. The molecule has 2 fully saturated rings. The number of rotatable bonds is 2. The van der Waals surface area contributed by atoms with E-state index < -0.39 is 28.3 Å². The first-order chi connectivity index (χ1) is 10.8. The molecule has 0 spiro atoms. The molecular formula is C14H14F3N3O2S. The van der Waals surface area contributed by atoms with Crippen molar-refractivity contribution >= 4 is 22.8 Å². The maximum absolute atomic E-state index is 12.6. The van der Waals surface area contributed by atoms with Gasteiger partial charge in [0.05, 0.1) is 5.56 Å². The van der Waals surface area contributed by atoms with Gasteiger partial charge in [-0.15, -0.1) is 0 Å². The number of benzene rings is 1. The molecule has 1 aromatic carbocycles. The van der Waals surface area contributed by atoms with Crippen LogP contribution in [-0.4, -0.2) is 41.1 Å². The van der Waals surface area contributed by atoms with Gasteiger partial charge in [-0.05, 0) is 29.5 Å². The monoisotopic (exact) mass is 345 g/mol. The van der Waals surface area contributed by atoms with Crippen molar-refractivity contribution in [3.63, 3.8) is 0 Å². The number of piperazine rings is 1. The molecule has 0 bridgehead atoms. The quantitative estimate of drug-likeness (QED) is 0.792. The van der Waals surface area contributed by atoms with Crippen LogP contribution in [0.3, 0.4) is 0 Å². The van der Waals surface area contributed by atoms with Crippen LogP contribution in [0.1, 0.15) is 17.2 Å². The molecule has 2 aliphatic rings. The van der Waals surface area contributed by atoms with Crippen LogP contribution >= 0.6 is 11.8 Å². The second-order valence-corrected chi connectivity index (χ2v) is 6.41. The summed E-state index contributed by atoms with van der Waals surface area (Å²) in [5.41, 5.74) is -0.351. The maximum Gasteiger partial charge on any atom is 0.416 e. The Morgan fingerprint density at radius 3 is 2.43 bits per heavy atom. The van der Waals surface area contributed by atoms with Crippen LogP contribution in [0.2, 0.25) is 0 Å². The van der Waals surface area contributed by atoms with Crippen LogP contribution in [-0.2, 0) is 15.8 Å². The molecule has 0 aromatic heterocycles. The van der Waals surface area contributed by atoms with Gasteiger partial charge in [0, 0.05) is 25.7 Å². The van der Waals surface area contributed by atoms with Crippen molar-refractivity contribution in [2.45, 2.75) is 17.7 Å². The SMILES string of the molecule is O=C1NC(N2CCNC(c3ccc(C(F)(F)F)cc3)C2)SC1=O. The van der Waals surface area contributed by atoms with Gasteiger partial charge in [-0.2, -0.15) is 13.2 Å². The molecule has 2 aliphatic heterocycles. The van der Waals surface area contributed by atoms with Crippen molar-refractivity contribution in [3.8, 4) is 0 Å². The molecule has 3 rings (SSSR count). The second kappa shape index (κ2) is 6.14. The third-order valence-corrected chi connectivity index (χ3v) is 4.88. The number of carbonyl (C=O) groups excluding carboxylic acids is 2. The van der Waals surface area contributed by atoms with Gasteiger partial charge in [-0.1, -0.05) is 12.1 Å². The Kier molecular flexibility index (Phi) is 4.35. The lowest BCUT2D eigenvalue weighted by atomic mass is 10.0. The number of hydrogen-bond donors (Lipinski definition) is 2. The summed E-state index contributed by atoms with van der Waals surface area (Å²) < 4.78 is 37.8. The van der Waals surface area contributed by atoms with E-state index in [1.165, 1.54) is 12.1 Å². The lowest BCUT2D eigenvalue weighted by molar-refractivity contribution is -0.137. The Labute approximate surface area is 134 Å². The summed E-state index contributed by atoms with van der Waals surface area (Å²) in [4.78, 5) is 24.5. The molecular weight excluding hydrogens is 331 g/mol. The first-order valence-electron chi connectivity index (χ1n) is 7.00. The number of thioether (sulfide) groups is 1. The largest absolute Gasteiger partial charge is 0.416 e. The number of nitrogens with one attached hydrogen (secondary N) is 2. The molecule has 2 unspecified atom stereocenters. The van der Waals surface area contributed by atoms with E-state index in [2.05, 4.69) is 10.6 Å².